The van der Waals surface area contributed by atoms with Gasteiger partial charge in [-0.15, -0.1) is 0 Å². The van der Waals surface area contributed by atoms with Crippen molar-refractivity contribution < 1.29 is 4.74 Å². The molecule has 0 aliphatic carbocycles. The number of anilines is 2. The lowest BCUT2D eigenvalue weighted by Crippen LogP contribution is -2.27. The monoisotopic (exact) mass is 286 g/mol. The third-order valence-corrected chi connectivity index (χ3v) is 3.71. The van der Waals surface area contributed by atoms with E-state index in [0.717, 1.165) is 42.8 Å². The molecule has 0 bridgehead atoms. The van der Waals surface area contributed by atoms with Gasteiger partial charge in [-0.3, -0.25) is 0 Å². The van der Waals surface area contributed by atoms with Gasteiger partial charge in [0.25, 0.3) is 0 Å². The van der Waals surface area contributed by atoms with E-state index in [4.69, 9.17) is 4.74 Å². The van der Waals surface area contributed by atoms with E-state index in [2.05, 4.69) is 26.7 Å². The molecule has 1 aromatic carbocycles. The van der Waals surface area contributed by atoms with E-state index in [1.54, 1.807) is 0 Å². The maximum Gasteiger partial charge on any atom is 0.225 e. The Balaban J connectivity index is 1.81. The van der Waals surface area contributed by atoms with E-state index in [0.29, 0.717) is 5.95 Å². The van der Waals surface area contributed by atoms with Gasteiger partial charge >= 0.3 is 0 Å². The molecule has 1 unspecified atom stereocenters. The van der Waals surface area contributed by atoms with Gasteiger partial charge in [-0.05, 0) is 38.3 Å². The minimum Gasteiger partial charge on any atom is -0.376 e. The Labute approximate surface area is 125 Å². The second kappa shape index (κ2) is 6.72. The number of benzene rings is 1. The number of aromatic nitrogens is 2. The second-order valence-corrected chi connectivity index (χ2v) is 5.31. The molecule has 2 aromatic rings. The summed E-state index contributed by atoms with van der Waals surface area (Å²) in [5.41, 5.74) is 0.954. The van der Waals surface area contributed by atoms with Crippen LogP contribution in [0.2, 0.25) is 0 Å². The number of ether oxygens (including phenoxy) is 1. The summed E-state index contributed by atoms with van der Waals surface area (Å²) >= 11 is 0. The van der Waals surface area contributed by atoms with Crippen LogP contribution in [0.5, 0.6) is 0 Å². The number of hydrogen-bond acceptors (Lipinski definition) is 5. The van der Waals surface area contributed by atoms with Crippen LogP contribution in [0.1, 0.15) is 26.2 Å². The highest BCUT2D eigenvalue weighted by Gasteiger charge is 2.14. The summed E-state index contributed by atoms with van der Waals surface area (Å²) in [6.07, 6.45) is 3.84. The number of rotatable bonds is 5. The molecule has 1 saturated heterocycles. The molecule has 5 nitrogen and oxygen atoms in total. The Morgan fingerprint density at radius 3 is 2.90 bits per heavy atom. The van der Waals surface area contributed by atoms with Gasteiger partial charge < -0.3 is 15.4 Å². The van der Waals surface area contributed by atoms with Crippen molar-refractivity contribution in [2.24, 2.45) is 0 Å². The van der Waals surface area contributed by atoms with Gasteiger partial charge in [0.05, 0.1) is 11.6 Å². The minimum atomic E-state index is 0.287. The SMILES string of the molecule is CCNc1nc(NCC2CCCCO2)c2ccccc2n1. The molecule has 2 heterocycles. The summed E-state index contributed by atoms with van der Waals surface area (Å²) in [5.74, 6) is 1.55. The van der Waals surface area contributed by atoms with E-state index in [1.165, 1.54) is 12.8 Å². The van der Waals surface area contributed by atoms with Crippen LogP contribution in [0.3, 0.4) is 0 Å². The predicted molar refractivity (Wildman–Crippen MR) is 85.8 cm³/mol. The Morgan fingerprint density at radius 1 is 1.19 bits per heavy atom. The van der Waals surface area contributed by atoms with Crippen LogP contribution in [-0.2, 0) is 4.74 Å². The van der Waals surface area contributed by atoms with Crippen LogP contribution in [-0.4, -0.2) is 35.8 Å². The largest absolute Gasteiger partial charge is 0.376 e. The average molecular weight is 286 g/mol. The van der Waals surface area contributed by atoms with E-state index in [-0.39, 0.29) is 6.10 Å². The smallest absolute Gasteiger partial charge is 0.225 e. The van der Waals surface area contributed by atoms with Crippen molar-refractivity contribution in [3.63, 3.8) is 0 Å². The Morgan fingerprint density at radius 2 is 2.10 bits per heavy atom. The maximum absolute atomic E-state index is 5.77. The first kappa shape index (κ1) is 14.1. The van der Waals surface area contributed by atoms with Crippen LogP contribution in [0, 0.1) is 0 Å². The van der Waals surface area contributed by atoms with Crippen LogP contribution in [0.15, 0.2) is 24.3 Å². The Bertz CT molecular complexity index is 596. The molecular weight excluding hydrogens is 264 g/mol. The average Bonchev–Trinajstić information content (AvgIpc) is 2.54. The van der Waals surface area contributed by atoms with Crippen LogP contribution in [0.4, 0.5) is 11.8 Å². The van der Waals surface area contributed by atoms with Crippen molar-refractivity contribution in [2.75, 3.05) is 30.3 Å². The molecule has 0 amide bonds. The van der Waals surface area contributed by atoms with Crippen molar-refractivity contribution in [3.05, 3.63) is 24.3 Å². The fraction of sp³-hybridized carbons (Fsp3) is 0.500. The lowest BCUT2D eigenvalue weighted by molar-refractivity contribution is 0.0247. The molecule has 1 aliphatic heterocycles. The fourth-order valence-corrected chi connectivity index (χ4v) is 2.63. The molecule has 1 fully saturated rings. The van der Waals surface area contributed by atoms with E-state index in [9.17, 15) is 0 Å². The third kappa shape index (κ3) is 3.42. The number of nitrogens with one attached hydrogen (secondary N) is 2. The Kier molecular flexibility index (Phi) is 4.50. The zero-order valence-corrected chi connectivity index (χ0v) is 12.4. The van der Waals surface area contributed by atoms with E-state index < -0.39 is 0 Å². The molecule has 21 heavy (non-hydrogen) atoms. The number of nitrogens with zero attached hydrogens (tertiary/aromatic N) is 2. The Hall–Kier alpha value is -1.88. The van der Waals surface area contributed by atoms with E-state index in [1.807, 2.05) is 25.1 Å². The predicted octanol–water partition coefficient (Wildman–Crippen LogP) is 3.04. The summed E-state index contributed by atoms with van der Waals surface area (Å²) < 4.78 is 5.77. The first-order valence-corrected chi connectivity index (χ1v) is 7.73. The van der Waals surface area contributed by atoms with Crippen molar-refractivity contribution in [2.45, 2.75) is 32.3 Å². The van der Waals surface area contributed by atoms with Gasteiger partial charge in [0.15, 0.2) is 0 Å². The highest BCUT2D eigenvalue weighted by Crippen LogP contribution is 2.22. The lowest BCUT2D eigenvalue weighted by Gasteiger charge is -2.23. The van der Waals surface area contributed by atoms with Crippen molar-refractivity contribution in [3.8, 4) is 0 Å². The standard InChI is InChI=1S/C16H22N4O/c1-2-17-16-19-14-9-4-3-8-13(14)15(20-16)18-11-12-7-5-6-10-21-12/h3-4,8-9,12H,2,5-7,10-11H2,1H3,(H2,17,18,19,20). The first-order chi connectivity index (χ1) is 10.4. The first-order valence-electron chi connectivity index (χ1n) is 7.73. The highest BCUT2D eigenvalue weighted by atomic mass is 16.5. The normalized spacial score (nSPS) is 18.6. The summed E-state index contributed by atoms with van der Waals surface area (Å²) in [6.45, 7) is 4.52. The van der Waals surface area contributed by atoms with Gasteiger partial charge in [-0.25, -0.2) is 4.98 Å². The molecule has 0 spiro atoms. The molecule has 1 aliphatic rings. The zero-order chi connectivity index (χ0) is 14.5. The highest BCUT2D eigenvalue weighted by molar-refractivity contribution is 5.90. The quantitative estimate of drug-likeness (QED) is 0.884. The molecule has 2 N–H and O–H groups in total. The van der Waals surface area contributed by atoms with Crippen LogP contribution in [0.25, 0.3) is 10.9 Å². The summed E-state index contributed by atoms with van der Waals surface area (Å²) in [4.78, 5) is 9.11. The molecule has 0 radical (unpaired) electrons. The van der Waals surface area contributed by atoms with Gasteiger partial charge in [0.1, 0.15) is 5.82 Å². The molecule has 3 rings (SSSR count). The molecule has 0 saturated carbocycles. The molecule has 1 aromatic heterocycles. The number of fused-ring (bicyclic) bond motifs is 1. The molecule has 1 atom stereocenters. The van der Waals surface area contributed by atoms with Gasteiger partial charge in [-0.2, -0.15) is 4.98 Å². The van der Waals surface area contributed by atoms with E-state index >= 15 is 0 Å². The fourth-order valence-electron chi connectivity index (χ4n) is 2.63. The van der Waals surface area contributed by atoms with Gasteiger partial charge in [-0.1, -0.05) is 12.1 Å². The molecule has 5 heteroatoms. The van der Waals surface area contributed by atoms with Crippen molar-refractivity contribution in [1.82, 2.24) is 9.97 Å². The lowest BCUT2D eigenvalue weighted by atomic mass is 10.1. The van der Waals surface area contributed by atoms with Crippen molar-refractivity contribution >= 4 is 22.7 Å². The third-order valence-electron chi connectivity index (χ3n) is 3.71. The van der Waals surface area contributed by atoms with Crippen molar-refractivity contribution in [1.29, 1.82) is 0 Å². The van der Waals surface area contributed by atoms with Crippen LogP contribution >= 0.6 is 0 Å². The van der Waals surface area contributed by atoms with Gasteiger partial charge in [0, 0.05) is 25.1 Å². The molecule has 112 valence electrons. The summed E-state index contributed by atoms with van der Waals surface area (Å²) in [7, 11) is 0. The molecular formula is C16H22N4O. The maximum atomic E-state index is 5.77. The van der Waals surface area contributed by atoms with Crippen LogP contribution < -0.4 is 10.6 Å². The van der Waals surface area contributed by atoms with Gasteiger partial charge in [0.2, 0.25) is 5.95 Å². The zero-order valence-electron chi connectivity index (χ0n) is 12.4. The minimum absolute atomic E-state index is 0.287. The second-order valence-electron chi connectivity index (χ2n) is 5.31. The number of hydrogen-bond donors (Lipinski definition) is 2. The topological polar surface area (TPSA) is 59.1 Å². The number of para-hydroxylation sites is 1. The summed E-state index contributed by atoms with van der Waals surface area (Å²) in [5, 5.41) is 7.68. The summed E-state index contributed by atoms with van der Waals surface area (Å²) in [6, 6.07) is 8.08.